The lowest BCUT2D eigenvalue weighted by Gasteiger charge is -2.13. The molecule has 1 N–H and O–H groups in total. The highest BCUT2D eigenvalue weighted by molar-refractivity contribution is 7.17. The first-order valence-corrected chi connectivity index (χ1v) is 8.67. The molecule has 120 valence electrons. The number of aromatic nitrogens is 3. The molecule has 1 atom stereocenters. The second kappa shape index (κ2) is 6.13. The summed E-state index contributed by atoms with van der Waals surface area (Å²) >= 11 is 1.34. The molecular weight excluding hydrogens is 320 g/mol. The lowest BCUT2D eigenvalue weighted by atomic mass is 10.1. The number of hydrogen-bond acceptors (Lipinski definition) is 5. The van der Waals surface area contributed by atoms with E-state index in [0.29, 0.717) is 21.4 Å². The van der Waals surface area contributed by atoms with Crippen LogP contribution < -0.4 is 5.32 Å². The molecule has 0 aliphatic heterocycles. The number of nitrogens with zero attached hydrogens (tertiary/aromatic N) is 3. The van der Waals surface area contributed by atoms with E-state index < -0.39 is 0 Å². The van der Waals surface area contributed by atoms with E-state index in [1.54, 1.807) is 18.5 Å². The quantitative estimate of drug-likeness (QED) is 0.796. The number of thiazole rings is 1. The zero-order valence-electron chi connectivity index (χ0n) is 13.2. The second-order valence-corrected chi connectivity index (χ2v) is 6.77. The van der Waals surface area contributed by atoms with Crippen molar-refractivity contribution in [2.45, 2.75) is 25.8 Å². The summed E-state index contributed by atoms with van der Waals surface area (Å²) in [5.74, 6) is 0.477. The molecule has 1 unspecified atom stereocenters. The minimum absolute atomic E-state index is 0.0751. The molecular formula is C18H16N4OS. The van der Waals surface area contributed by atoms with Crippen molar-refractivity contribution < 1.29 is 4.79 Å². The molecule has 1 aromatic carbocycles. The van der Waals surface area contributed by atoms with Crippen LogP contribution in [0, 0.1) is 6.92 Å². The molecule has 4 rings (SSSR count). The second-order valence-electron chi connectivity index (χ2n) is 5.77. The Bertz CT molecular complexity index is 891. The smallest absolute Gasteiger partial charge is 0.263 e. The molecule has 2 heterocycles. The number of nitrogens with one attached hydrogen (secondary N) is 1. The van der Waals surface area contributed by atoms with E-state index in [1.165, 1.54) is 22.5 Å². The van der Waals surface area contributed by atoms with Crippen LogP contribution in [0.15, 0.2) is 42.7 Å². The van der Waals surface area contributed by atoms with Crippen LogP contribution in [0.4, 0.5) is 0 Å². The standard InChI is InChI=1S/C18H16N4OS/c1-11-15(24-18(21-11)16-19-9-4-10-20-16)17(23)22-14-8-7-12-5-2-3-6-13(12)14/h2-6,9-10,14H,7-8H2,1H3,(H,22,23). The van der Waals surface area contributed by atoms with E-state index >= 15 is 0 Å². The molecule has 0 saturated heterocycles. The Kier molecular flexibility index (Phi) is 3.82. The van der Waals surface area contributed by atoms with Crippen molar-refractivity contribution >= 4 is 17.2 Å². The highest BCUT2D eigenvalue weighted by atomic mass is 32.1. The van der Waals surface area contributed by atoms with Crippen molar-refractivity contribution in [1.82, 2.24) is 20.3 Å². The van der Waals surface area contributed by atoms with E-state index in [-0.39, 0.29) is 11.9 Å². The van der Waals surface area contributed by atoms with Crippen LogP contribution in [0.25, 0.3) is 10.8 Å². The highest BCUT2D eigenvalue weighted by Crippen LogP contribution is 2.32. The molecule has 3 aromatic rings. The Morgan fingerprint density at radius 3 is 2.83 bits per heavy atom. The average Bonchev–Trinajstić information content (AvgIpc) is 3.20. The number of amides is 1. The van der Waals surface area contributed by atoms with E-state index in [2.05, 4.69) is 32.4 Å². The molecule has 0 spiro atoms. The summed E-state index contributed by atoms with van der Waals surface area (Å²) in [5.41, 5.74) is 3.26. The van der Waals surface area contributed by atoms with Crippen LogP contribution in [-0.4, -0.2) is 20.9 Å². The van der Waals surface area contributed by atoms with E-state index in [0.717, 1.165) is 12.8 Å². The number of benzene rings is 1. The molecule has 6 heteroatoms. The number of fused-ring (bicyclic) bond motifs is 1. The first-order chi connectivity index (χ1) is 11.7. The maximum atomic E-state index is 12.7. The molecule has 0 saturated carbocycles. The Morgan fingerprint density at radius 1 is 1.21 bits per heavy atom. The number of carbonyl (C=O) groups excluding carboxylic acids is 1. The SMILES string of the molecule is Cc1nc(-c2ncccn2)sc1C(=O)NC1CCc2ccccc21. The van der Waals surface area contributed by atoms with Crippen LogP contribution in [0.5, 0.6) is 0 Å². The van der Waals surface area contributed by atoms with Gasteiger partial charge in [0.05, 0.1) is 11.7 Å². The van der Waals surface area contributed by atoms with Crippen LogP contribution in [0.1, 0.15) is 39.0 Å². The largest absolute Gasteiger partial charge is 0.344 e. The zero-order valence-corrected chi connectivity index (χ0v) is 14.0. The van der Waals surface area contributed by atoms with Crippen molar-refractivity contribution in [3.05, 3.63) is 64.4 Å². The third-order valence-electron chi connectivity index (χ3n) is 4.20. The lowest BCUT2D eigenvalue weighted by Crippen LogP contribution is -2.26. The van der Waals surface area contributed by atoms with Crippen molar-refractivity contribution in [3.8, 4) is 10.8 Å². The molecule has 5 nitrogen and oxygen atoms in total. The van der Waals surface area contributed by atoms with Crippen LogP contribution in [0.3, 0.4) is 0 Å². The van der Waals surface area contributed by atoms with Crippen molar-refractivity contribution in [2.24, 2.45) is 0 Å². The first kappa shape index (κ1) is 15.0. The Hall–Kier alpha value is -2.60. The Morgan fingerprint density at radius 2 is 2.00 bits per heavy atom. The maximum Gasteiger partial charge on any atom is 0.263 e. The molecule has 24 heavy (non-hydrogen) atoms. The lowest BCUT2D eigenvalue weighted by molar-refractivity contribution is 0.0940. The minimum Gasteiger partial charge on any atom is -0.344 e. The Balaban J connectivity index is 1.57. The number of rotatable bonds is 3. The van der Waals surface area contributed by atoms with Gasteiger partial charge < -0.3 is 5.32 Å². The summed E-state index contributed by atoms with van der Waals surface area (Å²) < 4.78 is 0. The van der Waals surface area contributed by atoms with Gasteiger partial charge in [0, 0.05) is 12.4 Å². The molecule has 1 aliphatic rings. The van der Waals surface area contributed by atoms with Gasteiger partial charge in [0.2, 0.25) is 0 Å². The summed E-state index contributed by atoms with van der Waals surface area (Å²) in [7, 11) is 0. The van der Waals surface area contributed by atoms with Gasteiger partial charge in [-0.05, 0) is 37.0 Å². The highest BCUT2D eigenvalue weighted by Gasteiger charge is 2.25. The molecule has 0 bridgehead atoms. The third kappa shape index (κ3) is 2.69. The predicted octanol–water partition coefficient (Wildman–Crippen LogP) is 3.33. The average molecular weight is 336 g/mol. The van der Waals surface area contributed by atoms with Gasteiger partial charge in [-0.25, -0.2) is 15.0 Å². The number of hydrogen-bond donors (Lipinski definition) is 1. The summed E-state index contributed by atoms with van der Waals surface area (Å²) in [5, 5.41) is 3.82. The molecule has 0 fully saturated rings. The summed E-state index contributed by atoms with van der Waals surface area (Å²) in [4.78, 5) is 26.2. The minimum atomic E-state index is -0.0751. The Labute approximate surface area is 143 Å². The van der Waals surface area contributed by atoms with Crippen LogP contribution in [-0.2, 0) is 6.42 Å². The predicted molar refractivity (Wildman–Crippen MR) is 92.8 cm³/mol. The first-order valence-electron chi connectivity index (χ1n) is 7.86. The fourth-order valence-corrected chi connectivity index (χ4v) is 3.96. The van der Waals surface area contributed by atoms with Gasteiger partial charge in [-0.15, -0.1) is 11.3 Å². The topological polar surface area (TPSA) is 67.8 Å². The number of carbonyl (C=O) groups is 1. The zero-order chi connectivity index (χ0) is 16.5. The summed E-state index contributed by atoms with van der Waals surface area (Å²) in [6.07, 6.45) is 5.30. The van der Waals surface area contributed by atoms with Gasteiger partial charge in [-0.3, -0.25) is 4.79 Å². The van der Waals surface area contributed by atoms with Crippen molar-refractivity contribution in [2.75, 3.05) is 0 Å². The maximum absolute atomic E-state index is 12.7. The fraction of sp³-hybridized carbons (Fsp3) is 0.222. The fourth-order valence-electron chi connectivity index (χ4n) is 3.04. The summed E-state index contributed by atoms with van der Waals surface area (Å²) in [6.45, 7) is 1.85. The molecule has 2 aromatic heterocycles. The van der Waals surface area contributed by atoms with E-state index in [9.17, 15) is 4.79 Å². The van der Waals surface area contributed by atoms with Gasteiger partial charge >= 0.3 is 0 Å². The molecule has 1 amide bonds. The van der Waals surface area contributed by atoms with E-state index in [1.807, 2.05) is 19.1 Å². The van der Waals surface area contributed by atoms with E-state index in [4.69, 9.17) is 0 Å². The normalized spacial score (nSPS) is 16.0. The molecule has 1 aliphatic carbocycles. The van der Waals surface area contributed by atoms with Crippen molar-refractivity contribution in [1.29, 1.82) is 0 Å². The van der Waals surface area contributed by atoms with Gasteiger partial charge in [-0.1, -0.05) is 24.3 Å². The summed E-state index contributed by atoms with van der Waals surface area (Å²) in [6, 6.07) is 10.1. The van der Waals surface area contributed by atoms with Gasteiger partial charge in [0.1, 0.15) is 4.88 Å². The third-order valence-corrected chi connectivity index (χ3v) is 5.35. The van der Waals surface area contributed by atoms with Gasteiger partial charge in [0.25, 0.3) is 5.91 Å². The number of aryl methyl sites for hydroxylation is 2. The monoisotopic (exact) mass is 336 g/mol. The van der Waals surface area contributed by atoms with Crippen molar-refractivity contribution in [3.63, 3.8) is 0 Å². The van der Waals surface area contributed by atoms with Gasteiger partial charge in [0.15, 0.2) is 10.8 Å². The van der Waals surface area contributed by atoms with Crippen LogP contribution in [0.2, 0.25) is 0 Å². The van der Waals surface area contributed by atoms with Gasteiger partial charge in [-0.2, -0.15) is 0 Å². The molecule has 0 radical (unpaired) electrons. The van der Waals surface area contributed by atoms with Crippen LogP contribution >= 0.6 is 11.3 Å².